The number of para-hydroxylation sites is 2. The number of hydrogen-bond acceptors (Lipinski definition) is 12. The van der Waals surface area contributed by atoms with Gasteiger partial charge in [0.1, 0.15) is 23.7 Å². The second-order valence-corrected chi connectivity index (χ2v) is 26.6. The standard InChI is InChI=1S/2C38H28Br2O6/c2*39-28-19-15-25(16-20-28)35(41)44-23-31-33(24-9-3-1-4-10-24)34(45-36(42)26-17-21-29(40)22-18-26)37(43)30-13-7-8-14-32(30)46-38(31,37)27-11-5-2-6-12-27/h2*1-22,31,33-34,43H,23H2/t2*31-,33-,34+,37-,38-/m00/s1. The molecule has 92 heavy (non-hydrogen) atoms. The fourth-order valence-corrected chi connectivity index (χ4v) is 15.1. The van der Waals surface area contributed by atoms with Gasteiger partial charge in [-0.15, -0.1) is 0 Å². The van der Waals surface area contributed by atoms with E-state index in [0.717, 1.165) is 29.0 Å². The van der Waals surface area contributed by atoms with Crippen molar-refractivity contribution in [2.24, 2.45) is 11.8 Å². The van der Waals surface area contributed by atoms with E-state index in [-0.39, 0.29) is 13.2 Å². The van der Waals surface area contributed by atoms with Gasteiger partial charge in [-0.2, -0.15) is 0 Å². The third kappa shape index (κ3) is 11.0. The molecular weight excluding hydrogens is 1420 g/mol. The minimum Gasteiger partial charge on any atom is -0.478 e. The van der Waals surface area contributed by atoms with Gasteiger partial charge >= 0.3 is 23.9 Å². The van der Waals surface area contributed by atoms with E-state index in [4.69, 9.17) is 28.4 Å². The largest absolute Gasteiger partial charge is 0.478 e. The Morgan fingerprint density at radius 1 is 0.348 bits per heavy atom. The van der Waals surface area contributed by atoms with Gasteiger partial charge < -0.3 is 38.6 Å². The minimum absolute atomic E-state index is 0.133. The molecule has 460 valence electrons. The average molecular weight is 1480 g/mol. The number of esters is 4. The molecule has 0 spiro atoms. The van der Waals surface area contributed by atoms with Crippen molar-refractivity contribution < 1.29 is 57.8 Å². The molecule has 0 saturated heterocycles. The van der Waals surface area contributed by atoms with E-state index in [0.29, 0.717) is 56.0 Å². The van der Waals surface area contributed by atoms with Crippen LogP contribution < -0.4 is 9.47 Å². The summed E-state index contributed by atoms with van der Waals surface area (Å²) < 4.78 is 42.1. The zero-order valence-electron chi connectivity index (χ0n) is 48.8. The van der Waals surface area contributed by atoms with Crippen molar-refractivity contribution in [1.82, 2.24) is 0 Å². The van der Waals surface area contributed by atoms with Crippen molar-refractivity contribution in [1.29, 1.82) is 0 Å². The predicted molar refractivity (Wildman–Crippen MR) is 359 cm³/mol. The predicted octanol–water partition coefficient (Wildman–Crippen LogP) is 16.4. The molecule has 0 aromatic heterocycles. The summed E-state index contributed by atoms with van der Waals surface area (Å²) in [6.45, 7) is -0.266. The summed E-state index contributed by atoms with van der Waals surface area (Å²) in [5.74, 6) is -3.96. The highest BCUT2D eigenvalue weighted by atomic mass is 79.9. The van der Waals surface area contributed by atoms with Crippen molar-refractivity contribution in [2.45, 2.75) is 46.4 Å². The lowest BCUT2D eigenvalue weighted by atomic mass is 9.73. The van der Waals surface area contributed by atoms with E-state index in [1.807, 2.05) is 146 Å². The van der Waals surface area contributed by atoms with E-state index >= 15 is 0 Å². The summed E-state index contributed by atoms with van der Waals surface area (Å²) in [5.41, 5.74) is -1.36. The first-order valence-corrected chi connectivity index (χ1v) is 32.8. The molecule has 2 aliphatic carbocycles. The Kier molecular flexibility index (Phi) is 17.5. The van der Waals surface area contributed by atoms with Crippen LogP contribution in [0.4, 0.5) is 0 Å². The highest BCUT2D eigenvalue weighted by Crippen LogP contribution is 2.70. The number of ether oxygens (including phenoxy) is 6. The lowest BCUT2D eigenvalue weighted by Crippen LogP contribution is -2.54. The molecule has 14 rings (SSSR count). The van der Waals surface area contributed by atoms with E-state index in [2.05, 4.69) is 63.7 Å². The zero-order valence-corrected chi connectivity index (χ0v) is 55.1. The van der Waals surface area contributed by atoms with E-state index < -0.39 is 82.2 Å². The Bertz CT molecular complexity index is 4040. The smallest absolute Gasteiger partial charge is 0.338 e. The van der Waals surface area contributed by atoms with Gasteiger partial charge in [-0.25, -0.2) is 19.2 Å². The number of carbonyl (C=O) groups excluding carboxylic acids is 4. The molecule has 16 heteroatoms. The molecule has 10 aromatic rings. The third-order valence-electron chi connectivity index (χ3n) is 18.0. The number of carbonyl (C=O) groups is 4. The van der Waals surface area contributed by atoms with Gasteiger partial charge in [0.15, 0.2) is 22.4 Å². The van der Waals surface area contributed by atoms with Crippen molar-refractivity contribution in [2.75, 3.05) is 13.2 Å². The Balaban J connectivity index is 0.000000168. The summed E-state index contributed by atoms with van der Waals surface area (Å²) in [6.07, 6.45) is -2.27. The van der Waals surface area contributed by atoms with E-state index in [1.54, 1.807) is 121 Å². The molecule has 0 unspecified atom stereocenters. The third-order valence-corrected chi connectivity index (χ3v) is 20.1. The van der Waals surface area contributed by atoms with Crippen LogP contribution in [-0.4, -0.2) is 59.5 Å². The van der Waals surface area contributed by atoms with Crippen LogP contribution in [0.5, 0.6) is 11.5 Å². The number of hydrogen-bond donors (Lipinski definition) is 2. The molecule has 4 aliphatic rings. The molecule has 0 bridgehead atoms. The molecule has 10 atom stereocenters. The first-order valence-electron chi connectivity index (χ1n) is 29.7. The minimum atomic E-state index is -1.87. The normalized spacial score (nSPS) is 24.4. The quantitative estimate of drug-likeness (QED) is 0.0783. The molecule has 2 N–H and O–H groups in total. The molecule has 2 saturated carbocycles. The molecule has 10 aromatic carbocycles. The first kappa shape index (κ1) is 62.3. The lowest BCUT2D eigenvalue weighted by molar-refractivity contribution is -0.161. The molecule has 12 nitrogen and oxygen atoms in total. The van der Waals surface area contributed by atoms with Gasteiger partial charge in [0.25, 0.3) is 0 Å². The van der Waals surface area contributed by atoms with Crippen LogP contribution in [0.15, 0.2) is 285 Å². The number of halogens is 4. The molecule has 2 heterocycles. The average Bonchev–Trinajstić information content (AvgIpc) is 1.51. The van der Waals surface area contributed by atoms with E-state index in [1.165, 1.54) is 0 Å². The summed E-state index contributed by atoms with van der Waals surface area (Å²) in [4.78, 5) is 54.6. The fraction of sp³-hybridized carbons (Fsp3) is 0.158. The maximum atomic E-state index is 13.9. The summed E-state index contributed by atoms with van der Waals surface area (Å²) in [5, 5.41) is 26.7. The van der Waals surface area contributed by atoms with Gasteiger partial charge in [0.2, 0.25) is 0 Å². The van der Waals surface area contributed by atoms with E-state index in [9.17, 15) is 29.4 Å². The van der Waals surface area contributed by atoms with Gasteiger partial charge in [-0.1, -0.05) is 221 Å². The highest BCUT2D eigenvalue weighted by molar-refractivity contribution is 9.11. The SMILES string of the molecule is O=C(OC[C@H]1[C@H](c2ccccc2)[C@@H](OC(=O)c2ccc(Br)cc2)[C@@]2(O)c3ccccc3O[C@@]12c1ccccc1)c1ccc(Br)cc1.O=C(OC[C@H]1[C@H](c2ccccc2)[C@@H](OC(=O)c2ccc(Br)cc2)[C@@]2(O)c3ccccc3O[C@@]12c1ccccc1)c1ccc(Br)cc1. The number of fused-ring (bicyclic) bond motifs is 6. The zero-order chi connectivity index (χ0) is 63.8. The van der Waals surface area contributed by atoms with Crippen LogP contribution >= 0.6 is 63.7 Å². The Labute approximate surface area is 564 Å². The lowest BCUT2D eigenvalue weighted by Gasteiger charge is -2.40. The van der Waals surface area contributed by atoms with Crippen molar-refractivity contribution >= 4 is 87.6 Å². The Hall–Kier alpha value is -8.48. The molecular formula is C76H56Br4O12. The number of rotatable bonds is 14. The maximum absolute atomic E-state index is 13.9. The molecule has 2 fully saturated rings. The fourth-order valence-electron chi connectivity index (χ4n) is 14.0. The van der Waals surface area contributed by atoms with Gasteiger partial charge in [-0.3, -0.25) is 0 Å². The van der Waals surface area contributed by atoms with Gasteiger partial charge in [0, 0.05) is 40.9 Å². The van der Waals surface area contributed by atoms with Crippen molar-refractivity contribution in [3.63, 3.8) is 0 Å². The van der Waals surface area contributed by atoms with Crippen LogP contribution in [0.2, 0.25) is 0 Å². The van der Waals surface area contributed by atoms with Gasteiger partial charge in [0.05, 0.1) is 47.3 Å². The van der Waals surface area contributed by atoms with Gasteiger partial charge in [-0.05, 0) is 131 Å². The summed E-state index contributed by atoms with van der Waals surface area (Å²) in [6, 6.07) is 80.1. The molecule has 0 radical (unpaired) electrons. The first-order chi connectivity index (χ1) is 44.6. The summed E-state index contributed by atoms with van der Waals surface area (Å²) in [7, 11) is 0. The van der Waals surface area contributed by atoms with Crippen LogP contribution in [0, 0.1) is 11.8 Å². The molecule has 0 amide bonds. The summed E-state index contributed by atoms with van der Waals surface area (Å²) >= 11 is 13.7. The van der Waals surface area contributed by atoms with Crippen LogP contribution in [0.1, 0.15) is 86.6 Å². The highest BCUT2D eigenvalue weighted by Gasteiger charge is 2.79. The second-order valence-electron chi connectivity index (χ2n) is 22.9. The number of benzene rings is 10. The Morgan fingerprint density at radius 3 is 0.935 bits per heavy atom. The number of aliphatic hydroxyl groups is 2. The maximum Gasteiger partial charge on any atom is 0.338 e. The molecule has 2 aliphatic heterocycles. The van der Waals surface area contributed by atoms with Crippen LogP contribution in [0.25, 0.3) is 0 Å². The second kappa shape index (κ2) is 25.9. The van der Waals surface area contributed by atoms with Crippen LogP contribution in [0.3, 0.4) is 0 Å². The topological polar surface area (TPSA) is 164 Å². The van der Waals surface area contributed by atoms with Crippen LogP contribution in [-0.2, 0) is 41.4 Å². The van der Waals surface area contributed by atoms with Crippen molar-refractivity contribution in [3.8, 4) is 11.5 Å². The monoisotopic (exact) mass is 1480 g/mol. The Morgan fingerprint density at radius 2 is 0.620 bits per heavy atom. The van der Waals surface area contributed by atoms with Crippen molar-refractivity contribution in [3.05, 3.63) is 340 Å².